The molecule has 0 rings (SSSR count). The fourth-order valence-corrected chi connectivity index (χ4v) is 0.917. The number of rotatable bonds is 4. The normalized spacial score (nSPS) is 11.4. The summed E-state index contributed by atoms with van der Waals surface area (Å²) in [4.78, 5) is 21.7. The molecule has 0 unspecified atom stereocenters. The Labute approximate surface area is 90.2 Å². The zero-order valence-electron chi connectivity index (χ0n) is 8.84. The minimum atomic E-state index is -4.62. The number of hydrogen-bond donors (Lipinski definition) is 2. The second kappa shape index (κ2) is 5.57. The van der Waals surface area contributed by atoms with Crippen LogP contribution in [0.2, 0.25) is 0 Å². The topological polar surface area (TPSA) is 69.6 Å². The summed E-state index contributed by atoms with van der Waals surface area (Å²) in [6, 6.07) is -1.41. The maximum Gasteiger partial charge on any atom is 0.406 e. The molecule has 2 N–H and O–H groups in total. The number of urea groups is 1. The molecule has 0 aromatic carbocycles. The molecule has 0 aliphatic rings. The highest BCUT2D eigenvalue weighted by molar-refractivity contribution is 5.80. The SMILES string of the molecule is CC(C)NC(=O)N(CC(=O)O)CC(F)(F)F. The van der Waals surface area contributed by atoms with Crippen LogP contribution >= 0.6 is 0 Å². The van der Waals surface area contributed by atoms with E-state index in [0.29, 0.717) is 0 Å². The van der Waals surface area contributed by atoms with Crippen LogP contribution in [0.15, 0.2) is 0 Å². The highest BCUT2D eigenvalue weighted by Gasteiger charge is 2.34. The number of carboxylic acid groups (broad SMARTS) is 1. The van der Waals surface area contributed by atoms with Crippen molar-refractivity contribution in [1.82, 2.24) is 10.2 Å². The lowest BCUT2D eigenvalue weighted by Crippen LogP contribution is -2.48. The summed E-state index contributed by atoms with van der Waals surface area (Å²) in [6.07, 6.45) is -4.62. The first-order valence-electron chi connectivity index (χ1n) is 4.46. The summed E-state index contributed by atoms with van der Waals surface area (Å²) < 4.78 is 36.1. The van der Waals surface area contributed by atoms with E-state index in [0.717, 1.165) is 0 Å². The Kier molecular flexibility index (Phi) is 5.06. The average Bonchev–Trinajstić information content (AvgIpc) is 1.97. The van der Waals surface area contributed by atoms with Crippen molar-refractivity contribution in [3.8, 4) is 0 Å². The number of nitrogens with one attached hydrogen (secondary N) is 1. The lowest BCUT2D eigenvalue weighted by molar-refractivity contribution is -0.149. The van der Waals surface area contributed by atoms with E-state index < -0.39 is 31.3 Å². The van der Waals surface area contributed by atoms with Crippen LogP contribution < -0.4 is 5.32 Å². The van der Waals surface area contributed by atoms with Gasteiger partial charge in [-0.2, -0.15) is 13.2 Å². The second-order valence-electron chi connectivity index (χ2n) is 3.47. The molecule has 0 saturated carbocycles. The summed E-state index contributed by atoms with van der Waals surface area (Å²) in [7, 11) is 0. The van der Waals surface area contributed by atoms with E-state index in [-0.39, 0.29) is 10.9 Å². The molecule has 0 atom stereocenters. The predicted octanol–water partition coefficient (Wildman–Crippen LogP) is 1.05. The molecule has 0 fully saturated rings. The standard InChI is InChI=1S/C8H13F3N2O3/c1-5(2)12-7(16)13(3-6(14)15)4-8(9,10)11/h5H,3-4H2,1-2H3,(H,12,16)(H,14,15). The van der Waals surface area contributed by atoms with Crippen molar-refractivity contribution in [3.63, 3.8) is 0 Å². The smallest absolute Gasteiger partial charge is 0.406 e. The van der Waals surface area contributed by atoms with Gasteiger partial charge in [0.25, 0.3) is 0 Å². The van der Waals surface area contributed by atoms with Gasteiger partial charge in [-0.05, 0) is 13.8 Å². The summed E-state index contributed by atoms with van der Waals surface area (Å²) >= 11 is 0. The molecule has 0 aromatic heterocycles. The van der Waals surface area contributed by atoms with Crippen LogP contribution in [0.1, 0.15) is 13.8 Å². The van der Waals surface area contributed by atoms with Crippen LogP contribution in [0.4, 0.5) is 18.0 Å². The molecule has 0 radical (unpaired) electrons. The molecule has 16 heavy (non-hydrogen) atoms. The Morgan fingerprint density at radius 3 is 2.19 bits per heavy atom. The van der Waals surface area contributed by atoms with Crippen molar-refractivity contribution in [3.05, 3.63) is 0 Å². The summed E-state index contributed by atoms with van der Waals surface area (Å²) in [5, 5.41) is 10.6. The lowest BCUT2D eigenvalue weighted by Gasteiger charge is -2.23. The van der Waals surface area contributed by atoms with Crippen LogP contribution in [0, 0.1) is 0 Å². The lowest BCUT2D eigenvalue weighted by atomic mass is 10.4. The molecule has 94 valence electrons. The van der Waals surface area contributed by atoms with Crippen molar-refractivity contribution < 1.29 is 27.9 Å². The van der Waals surface area contributed by atoms with Crippen LogP contribution in [-0.2, 0) is 4.79 Å². The fourth-order valence-electron chi connectivity index (χ4n) is 0.917. The molecule has 0 saturated heterocycles. The largest absolute Gasteiger partial charge is 0.480 e. The van der Waals surface area contributed by atoms with Crippen molar-refractivity contribution in [1.29, 1.82) is 0 Å². The Bertz CT molecular complexity index is 266. The Morgan fingerprint density at radius 1 is 1.38 bits per heavy atom. The Morgan fingerprint density at radius 2 is 1.88 bits per heavy atom. The van der Waals surface area contributed by atoms with Crippen molar-refractivity contribution in [2.24, 2.45) is 0 Å². The number of carbonyl (C=O) groups is 2. The van der Waals surface area contributed by atoms with E-state index in [2.05, 4.69) is 5.32 Å². The van der Waals surface area contributed by atoms with Crippen LogP contribution in [0.25, 0.3) is 0 Å². The fraction of sp³-hybridized carbons (Fsp3) is 0.750. The third-order valence-electron chi connectivity index (χ3n) is 1.40. The van der Waals surface area contributed by atoms with E-state index in [9.17, 15) is 22.8 Å². The van der Waals surface area contributed by atoms with Crippen LogP contribution in [0.5, 0.6) is 0 Å². The van der Waals surface area contributed by atoms with Gasteiger partial charge in [-0.15, -0.1) is 0 Å². The van der Waals surface area contributed by atoms with Crippen molar-refractivity contribution in [2.45, 2.75) is 26.1 Å². The minimum absolute atomic E-state index is 0.197. The second-order valence-corrected chi connectivity index (χ2v) is 3.47. The van der Waals surface area contributed by atoms with E-state index >= 15 is 0 Å². The van der Waals surface area contributed by atoms with Gasteiger partial charge < -0.3 is 15.3 Å². The first-order chi connectivity index (χ1) is 7.11. The average molecular weight is 242 g/mol. The third kappa shape index (κ3) is 6.91. The summed E-state index contributed by atoms with van der Waals surface area (Å²) in [6.45, 7) is 0.546. The first-order valence-corrected chi connectivity index (χ1v) is 4.46. The van der Waals surface area contributed by atoms with Gasteiger partial charge in [0.05, 0.1) is 0 Å². The monoisotopic (exact) mass is 242 g/mol. The van der Waals surface area contributed by atoms with E-state index in [1.165, 1.54) is 0 Å². The number of nitrogens with zero attached hydrogens (tertiary/aromatic N) is 1. The molecule has 0 aliphatic heterocycles. The van der Waals surface area contributed by atoms with Gasteiger partial charge in [-0.1, -0.05) is 0 Å². The maximum absolute atomic E-state index is 12.0. The molecule has 0 spiro atoms. The van der Waals surface area contributed by atoms with E-state index in [1.807, 2.05) is 0 Å². The van der Waals surface area contributed by atoms with Gasteiger partial charge in [-0.3, -0.25) is 4.79 Å². The molecule has 0 heterocycles. The number of halogens is 3. The molecular weight excluding hydrogens is 229 g/mol. The number of amides is 2. The van der Waals surface area contributed by atoms with Gasteiger partial charge in [0.15, 0.2) is 0 Å². The minimum Gasteiger partial charge on any atom is -0.480 e. The quantitative estimate of drug-likeness (QED) is 0.774. The van der Waals surface area contributed by atoms with Gasteiger partial charge in [0.2, 0.25) is 0 Å². The van der Waals surface area contributed by atoms with E-state index in [1.54, 1.807) is 13.8 Å². The van der Waals surface area contributed by atoms with E-state index in [4.69, 9.17) is 5.11 Å². The van der Waals surface area contributed by atoms with Gasteiger partial charge >= 0.3 is 18.2 Å². The predicted molar refractivity (Wildman–Crippen MR) is 48.9 cm³/mol. The third-order valence-corrected chi connectivity index (χ3v) is 1.40. The highest BCUT2D eigenvalue weighted by atomic mass is 19.4. The zero-order valence-corrected chi connectivity index (χ0v) is 8.84. The molecule has 0 bridgehead atoms. The van der Waals surface area contributed by atoms with Crippen LogP contribution in [0.3, 0.4) is 0 Å². The maximum atomic E-state index is 12.0. The molecule has 0 aliphatic carbocycles. The van der Waals surface area contributed by atoms with Crippen LogP contribution in [-0.4, -0.2) is 47.3 Å². The Hall–Kier alpha value is -1.47. The number of carbonyl (C=O) groups excluding carboxylic acids is 1. The number of aliphatic carboxylic acids is 1. The summed E-state index contributed by atoms with van der Waals surface area (Å²) in [5.74, 6) is -1.50. The molecule has 2 amide bonds. The summed E-state index contributed by atoms with van der Waals surface area (Å²) in [5.41, 5.74) is 0. The van der Waals surface area contributed by atoms with Crippen molar-refractivity contribution >= 4 is 12.0 Å². The van der Waals surface area contributed by atoms with Gasteiger partial charge in [0.1, 0.15) is 13.1 Å². The number of hydrogen-bond acceptors (Lipinski definition) is 2. The van der Waals surface area contributed by atoms with Gasteiger partial charge in [0, 0.05) is 6.04 Å². The number of carboxylic acids is 1. The molecule has 8 heteroatoms. The first kappa shape index (κ1) is 14.5. The highest BCUT2D eigenvalue weighted by Crippen LogP contribution is 2.16. The van der Waals surface area contributed by atoms with Gasteiger partial charge in [-0.25, -0.2) is 4.79 Å². The number of alkyl halides is 3. The molecule has 5 nitrogen and oxygen atoms in total. The molecule has 0 aromatic rings. The van der Waals surface area contributed by atoms with Crippen molar-refractivity contribution in [2.75, 3.05) is 13.1 Å². The zero-order chi connectivity index (χ0) is 12.9. The molecular formula is C8H13F3N2O3. The Balaban J connectivity index is 4.53.